The van der Waals surface area contributed by atoms with Crippen LogP contribution in [-0.4, -0.2) is 36.6 Å². The van der Waals surface area contributed by atoms with Crippen LogP contribution in [0, 0.1) is 52.0 Å². The molecule has 0 bridgehead atoms. The molecule has 0 aromatic heterocycles. The third-order valence-corrected chi connectivity index (χ3v) is 30.0. The Morgan fingerprint density at radius 1 is 0.283 bits per heavy atom. The summed E-state index contributed by atoms with van der Waals surface area (Å²) >= 11 is 9.91. The Labute approximate surface area is 754 Å². The van der Waals surface area contributed by atoms with Crippen LogP contribution in [0.15, 0.2) is 215 Å². The van der Waals surface area contributed by atoms with Gasteiger partial charge in [0.05, 0.1) is 33.2 Å². The maximum absolute atomic E-state index is 6.68. The molecule has 15 rings (SSSR count). The van der Waals surface area contributed by atoms with Crippen LogP contribution in [-0.2, 0) is 55.1 Å². The Morgan fingerprint density at radius 3 is 0.792 bits per heavy atom. The Morgan fingerprint density at radius 2 is 0.533 bits per heavy atom. The molecule has 0 N–H and O–H groups in total. The fraction of sp³-hybridized carbons (Fsp3) is 0.405. The van der Waals surface area contributed by atoms with E-state index in [0.717, 1.165) is 45.6 Å². The van der Waals surface area contributed by atoms with Crippen LogP contribution in [0.4, 0.5) is 0 Å². The number of hydrogen-bond donors (Lipinski definition) is 0. The van der Waals surface area contributed by atoms with Crippen LogP contribution in [0.25, 0.3) is 44.5 Å². The Kier molecular flexibility index (Phi) is 29.3. The van der Waals surface area contributed by atoms with Gasteiger partial charge in [-0.25, -0.2) is 0 Å². The molecule has 2 aliphatic heterocycles. The van der Waals surface area contributed by atoms with Crippen molar-refractivity contribution in [3.8, 4) is 44.5 Å². The molecule has 2 aliphatic carbocycles. The van der Waals surface area contributed by atoms with Gasteiger partial charge in [-0.3, -0.25) is 0 Å². The van der Waals surface area contributed by atoms with Gasteiger partial charge in [-0.1, -0.05) is 312 Å². The number of benzene rings is 11. The highest BCUT2D eigenvalue weighted by molar-refractivity contribution is 14.1. The summed E-state index contributed by atoms with van der Waals surface area (Å²) in [7, 11) is -0.930. The van der Waals surface area contributed by atoms with Gasteiger partial charge in [0, 0.05) is 12.5 Å². The molecule has 4 aliphatic rings. The summed E-state index contributed by atoms with van der Waals surface area (Å²) in [6.45, 7) is 41.6. The van der Waals surface area contributed by atoms with Crippen molar-refractivity contribution < 1.29 is 18.6 Å². The molecule has 0 atom stereocenters. The highest BCUT2D eigenvalue weighted by Gasteiger charge is 2.56. The van der Waals surface area contributed by atoms with Gasteiger partial charge in [0.2, 0.25) is 0 Å². The van der Waals surface area contributed by atoms with E-state index in [1.165, 1.54) is 257 Å². The molecule has 0 spiro atoms. The smallest absolute Gasteiger partial charge is 0.399 e. The summed E-state index contributed by atoms with van der Waals surface area (Å²) in [5, 5.41) is 0. The Hall–Kier alpha value is -6.92. The second kappa shape index (κ2) is 38.7. The summed E-state index contributed by atoms with van der Waals surface area (Å²) in [4.78, 5) is 0. The maximum atomic E-state index is 6.68. The molecule has 0 saturated carbocycles. The quantitative estimate of drug-likeness (QED) is 0.0278. The number of hydrogen-bond acceptors (Lipinski definition) is 4. The predicted molar refractivity (Wildman–Crippen MR) is 529 cm³/mol. The first-order valence-electron chi connectivity index (χ1n) is 45.3. The molecule has 4 nitrogen and oxygen atoms in total. The van der Waals surface area contributed by atoms with Crippen LogP contribution in [0.5, 0.6) is 0 Å². The zero-order valence-electron chi connectivity index (χ0n) is 75.7. The van der Waals surface area contributed by atoms with Crippen molar-refractivity contribution in [2.75, 3.05) is 0 Å². The monoisotopic (exact) mass is 1830 g/mol. The summed E-state index contributed by atoms with van der Waals surface area (Å²) in [5.41, 5.74) is 35.0. The molecular weight excluding hydrogens is 1710 g/mol. The zero-order valence-corrected chi connectivity index (χ0v) is 81.0. The van der Waals surface area contributed by atoms with E-state index in [9.17, 15) is 0 Å². The van der Waals surface area contributed by atoms with Gasteiger partial charge >= 0.3 is 14.2 Å². The van der Waals surface area contributed by atoms with Gasteiger partial charge < -0.3 is 18.6 Å². The standard InChI is InChI=1S/C53H56Br2.C49H64B2O4.C9H11I/c1-7-9-11-13-15-39-17-23-43(24-18-39)53(44-25-19-40(20-26-44)16-14-12-10-8-2)49-33-41(51-35(3)29-45(54)30-36(51)4)21-27-47(49)48-28-22-42(34-50(48)53)52-37(5)31-46(55)32-38(52)6;1-11-13-15-17-19-35-21-25-37(26-22-35)49(38-27-23-36(24-28-38)20-18-16-14-12-2)43-33-39(50-52-45(3,4)46(5,6)53-50)29-31-41(43)42-32-30-40(34-44(42)49)51-54-47(7,8)48(9,10)55-51;1-6-4-7(2)9(10)8(3)5-6/h17-34H,7-16H2,1-6H3;21-34H,11-20H2,1-10H3;4-5H,1-3H3. The van der Waals surface area contributed by atoms with E-state index >= 15 is 0 Å². The highest BCUT2D eigenvalue weighted by Crippen LogP contribution is 2.60. The average molecular weight is 1840 g/mol. The first-order chi connectivity index (χ1) is 57.4. The van der Waals surface area contributed by atoms with Gasteiger partial charge in [-0.15, -0.1) is 0 Å². The van der Waals surface area contributed by atoms with Gasteiger partial charge in [-0.2, -0.15) is 0 Å². The number of rotatable bonds is 28. The van der Waals surface area contributed by atoms with Crippen molar-refractivity contribution in [1.82, 2.24) is 0 Å². The minimum atomic E-state index is -0.592. The van der Waals surface area contributed by atoms with E-state index in [1.54, 1.807) is 0 Å². The molecule has 11 aromatic rings. The van der Waals surface area contributed by atoms with Crippen LogP contribution in [0.1, 0.15) is 292 Å². The highest BCUT2D eigenvalue weighted by atomic mass is 127. The molecule has 626 valence electrons. The van der Waals surface area contributed by atoms with Crippen molar-refractivity contribution >= 4 is 79.6 Å². The number of unbranched alkanes of at least 4 members (excludes halogenated alkanes) is 12. The normalized spacial score (nSPS) is 15.8. The van der Waals surface area contributed by atoms with E-state index < -0.39 is 47.5 Å². The molecule has 0 radical (unpaired) electrons. The summed E-state index contributed by atoms with van der Waals surface area (Å²) in [6.07, 6.45) is 24.8. The van der Waals surface area contributed by atoms with E-state index in [-0.39, 0.29) is 0 Å². The van der Waals surface area contributed by atoms with Gasteiger partial charge in [0.25, 0.3) is 0 Å². The van der Waals surface area contributed by atoms with Gasteiger partial charge in [0.1, 0.15) is 0 Å². The number of aryl methyl sites for hydroxylation is 11. The maximum Gasteiger partial charge on any atom is 0.494 e. The third-order valence-electron chi connectivity index (χ3n) is 27.4. The predicted octanol–water partition coefficient (Wildman–Crippen LogP) is 30.5. The molecule has 2 heterocycles. The molecule has 9 heteroatoms. The van der Waals surface area contributed by atoms with E-state index in [1.807, 2.05) is 0 Å². The molecule has 0 amide bonds. The molecule has 11 aromatic carbocycles. The Bertz CT molecular complexity index is 4990. The van der Waals surface area contributed by atoms with E-state index in [4.69, 9.17) is 18.6 Å². The summed E-state index contributed by atoms with van der Waals surface area (Å²) in [6, 6.07) is 80.4. The van der Waals surface area contributed by atoms with Crippen LogP contribution in [0.2, 0.25) is 0 Å². The number of halogens is 3. The summed E-state index contributed by atoms with van der Waals surface area (Å²) < 4.78 is 30.4. The number of fused-ring (bicyclic) bond motifs is 6. The lowest BCUT2D eigenvalue weighted by molar-refractivity contribution is 0.00578. The van der Waals surface area contributed by atoms with Gasteiger partial charge in [-0.05, 0) is 370 Å². The summed E-state index contributed by atoms with van der Waals surface area (Å²) in [5.74, 6) is 0. The van der Waals surface area contributed by atoms with Crippen molar-refractivity contribution in [2.24, 2.45) is 0 Å². The van der Waals surface area contributed by atoms with Crippen LogP contribution in [0.3, 0.4) is 0 Å². The minimum Gasteiger partial charge on any atom is -0.399 e. The molecule has 2 saturated heterocycles. The lowest BCUT2D eigenvalue weighted by Crippen LogP contribution is -2.41. The molecule has 120 heavy (non-hydrogen) atoms. The SMILES string of the molecule is CCCCCCc1ccc(C2(c3ccc(CCCCCC)cc3)c3cc(-c4c(C)cc(Br)cc4C)ccc3-c3ccc(-c4c(C)cc(Br)cc4C)cc32)cc1.CCCCCCc1ccc(C2(c3ccc(CCCCCC)cc3)c3cc(B4OC(C)(C)C(C)(C)O4)ccc3-c3ccc(B4OC(C)(C)C(C)(C)O4)cc32)cc1.Cc1cc(C)c(I)c(C)c1. The van der Waals surface area contributed by atoms with Crippen molar-refractivity contribution in [3.05, 3.63) is 324 Å². The second-order valence-electron chi connectivity index (χ2n) is 37.4. The average Bonchev–Trinajstić information content (AvgIpc) is 1.53. The van der Waals surface area contributed by atoms with Gasteiger partial charge in [0.15, 0.2) is 0 Å². The molecule has 0 unspecified atom stereocenters. The fourth-order valence-corrected chi connectivity index (χ4v) is 21.1. The van der Waals surface area contributed by atoms with E-state index in [0.29, 0.717) is 0 Å². The van der Waals surface area contributed by atoms with Crippen molar-refractivity contribution in [2.45, 2.75) is 293 Å². The second-order valence-corrected chi connectivity index (χ2v) is 40.3. The van der Waals surface area contributed by atoms with Crippen LogP contribution >= 0.6 is 54.5 Å². The van der Waals surface area contributed by atoms with Crippen molar-refractivity contribution in [1.29, 1.82) is 0 Å². The lowest BCUT2D eigenvalue weighted by atomic mass is 9.65. The largest absolute Gasteiger partial charge is 0.494 e. The Balaban J connectivity index is 0.000000186. The zero-order chi connectivity index (χ0) is 85.6. The minimum absolute atomic E-state index is 0.436. The van der Waals surface area contributed by atoms with E-state index in [2.05, 4.69) is 392 Å². The topological polar surface area (TPSA) is 36.9 Å². The lowest BCUT2D eigenvalue weighted by Gasteiger charge is -2.35. The van der Waals surface area contributed by atoms with Crippen LogP contribution < -0.4 is 10.9 Å². The third kappa shape index (κ3) is 18.9. The first-order valence-corrected chi connectivity index (χ1v) is 48.0. The first kappa shape index (κ1) is 90.8. The molecular formula is C111H131B2Br2IO4. The molecule has 2 fully saturated rings. The fourth-order valence-electron chi connectivity index (χ4n) is 19.4. The van der Waals surface area contributed by atoms with Crippen molar-refractivity contribution in [3.63, 3.8) is 0 Å².